The molecule has 0 saturated carbocycles. The minimum absolute atomic E-state index is 0.350. The third-order valence-electron chi connectivity index (χ3n) is 4.67. The molecule has 0 bridgehead atoms. The molecular weight excluding hydrogens is 316 g/mol. The van der Waals surface area contributed by atoms with Gasteiger partial charge in [-0.05, 0) is 50.8 Å². The SMILES string of the molecule is Cc1cc(S(=O)(=O)N2CC3CNCC3C2(C)C)sc1Cl. The maximum atomic E-state index is 12.9. The molecule has 1 N–H and O–H groups in total. The summed E-state index contributed by atoms with van der Waals surface area (Å²) in [6, 6.07) is 1.69. The van der Waals surface area contributed by atoms with E-state index in [4.69, 9.17) is 11.6 Å². The van der Waals surface area contributed by atoms with Crippen LogP contribution in [-0.2, 0) is 10.0 Å². The van der Waals surface area contributed by atoms with Gasteiger partial charge in [-0.1, -0.05) is 11.6 Å². The van der Waals surface area contributed by atoms with E-state index in [9.17, 15) is 8.42 Å². The maximum Gasteiger partial charge on any atom is 0.253 e. The van der Waals surface area contributed by atoms with Crippen molar-refractivity contribution in [3.05, 3.63) is 16.0 Å². The predicted molar refractivity (Wildman–Crippen MR) is 81.9 cm³/mol. The Balaban J connectivity index is 2.00. The number of thiophene rings is 1. The van der Waals surface area contributed by atoms with Crippen LogP contribution in [0.2, 0.25) is 4.34 Å². The third kappa shape index (κ3) is 2.04. The number of nitrogens with one attached hydrogen (secondary N) is 1. The van der Waals surface area contributed by atoms with Crippen LogP contribution in [0, 0.1) is 18.8 Å². The number of hydrogen-bond acceptors (Lipinski definition) is 4. The maximum absolute atomic E-state index is 12.9. The van der Waals surface area contributed by atoms with Crippen LogP contribution in [0.1, 0.15) is 19.4 Å². The molecule has 112 valence electrons. The van der Waals surface area contributed by atoms with Gasteiger partial charge in [-0.15, -0.1) is 11.3 Å². The normalized spacial score (nSPS) is 29.8. The van der Waals surface area contributed by atoms with Crippen molar-refractivity contribution >= 4 is 33.0 Å². The molecule has 1 aromatic heterocycles. The summed E-state index contributed by atoms with van der Waals surface area (Å²) in [7, 11) is -3.45. The van der Waals surface area contributed by atoms with Crippen molar-refractivity contribution in [1.82, 2.24) is 9.62 Å². The fraction of sp³-hybridized carbons (Fsp3) is 0.692. The second-order valence-corrected chi connectivity index (χ2v) is 9.98. The first-order valence-electron chi connectivity index (χ1n) is 6.74. The number of sulfonamides is 1. The quantitative estimate of drug-likeness (QED) is 0.903. The Bertz CT molecular complexity index is 619. The summed E-state index contributed by atoms with van der Waals surface area (Å²) in [5.41, 5.74) is 0.478. The lowest BCUT2D eigenvalue weighted by atomic mass is 9.85. The number of halogens is 1. The smallest absolute Gasteiger partial charge is 0.253 e. The van der Waals surface area contributed by atoms with E-state index in [1.807, 2.05) is 20.8 Å². The fourth-order valence-corrected chi connectivity index (χ4v) is 7.16. The molecule has 2 atom stereocenters. The number of rotatable bonds is 2. The minimum Gasteiger partial charge on any atom is -0.316 e. The molecule has 2 aliphatic rings. The van der Waals surface area contributed by atoms with Gasteiger partial charge in [0.2, 0.25) is 0 Å². The standard InChI is InChI=1S/C13H19ClN2O2S2/c1-8-4-11(19-12(8)14)20(17,18)16-7-9-5-15-6-10(9)13(16,2)3/h4,9-10,15H,5-7H2,1-3H3. The topological polar surface area (TPSA) is 49.4 Å². The summed E-state index contributed by atoms with van der Waals surface area (Å²) >= 11 is 7.19. The number of nitrogens with zero attached hydrogens (tertiary/aromatic N) is 1. The number of hydrogen-bond donors (Lipinski definition) is 1. The molecule has 3 rings (SSSR count). The van der Waals surface area contributed by atoms with Crippen molar-refractivity contribution in [2.45, 2.75) is 30.5 Å². The van der Waals surface area contributed by atoms with E-state index >= 15 is 0 Å². The third-order valence-corrected chi connectivity index (χ3v) is 8.73. The molecule has 1 aromatic rings. The van der Waals surface area contributed by atoms with Gasteiger partial charge in [-0.2, -0.15) is 4.31 Å². The summed E-state index contributed by atoms with van der Waals surface area (Å²) in [6.07, 6.45) is 0. The molecular formula is C13H19ClN2O2S2. The van der Waals surface area contributed by atoms with Crippen molar-refractivity contribution in [2.75, 3.05) is 19.6 Å². The van der Waals surface area contributed by atoms with Crippen LogP contribution in [0.3, 0.4) is 0 Å². The minimum atomic E-state index is -3.45. The second-order valence-electron chi connectivity index (χ2n) is 6.24. The van der Waals surface area contributed by atoms with Crippen LogP contribution in [-0.4, -0.2) is 37.9 Å². The lowest BCUT2D eigenvalue weighted by molar-refractivity contribution is 0.233. The van der Waals surface area contributed by atoms with Gasteiger partial charge in [0, 0.05) is 18.6 Å². The van der Waals surface area contributed by atoms with E-state index in [2.05, 4.69) is 5.32 Å². The summed E-state index contributed by atoms with van der Waals surface area (Å²) < 4.78 is 28.4. The molecule has 3 heterocycles. The van der Waals surface area contributed by atoms with Crippen LogP contribution < -0.4 is 5.32 Å². The molecule has 2 saturated heterocycles. The zero-order valence-corrected chi connectivity index (χ0v) is 14.2. The molecule has 0 amide bonds. The van der Waals surface area contributed by atoms with Gasteiger partial charge in [-0.25, -0.2) is 8.42 Å². The van der Waals surface area contributed by atoms with Crippen LogP contribution in [0.5, 0.6) is 0 Å². The molecule has 0 spiro atoms. The first-order chi connectivity index (χ1) is 9.24. The average molecular weight is 335 g/mol. The van der Waals surface area contributed by atoms with Gasteiger partial charge in [0.15, 0.2) is 0 Å². The highest BCUT2D eigenvalue weighted by Crippen LogP contribution is 2.45. The largest absolute Gasteiger partial charge is 0.316 e. The Labute approximate surface area is 129 Å². The Kier molecular flexibility index (Phi) is 3.46. The molecule has 7 heteroatoms. The zero-order valence-electron chi connectivity index (χ0n) is 11.8. The first kappa shape index (κ1) is 14.8. The Morgan fingerprint density at radius 3 is 2.70 bits per heavy atom. The number of aryl methyl sites for hydroxylation is 1. The van der Waals surface area contributed by atoms with E-state index in [1.165, 1.54) is 0 Å². The molecule has 2 unspecified atom stereocenters. The van der Waals surface area contributed by atoms with Gasteiger partial charge in [0.05, 0.1) is 4.34 Å². The highest BCUT2D eigenvalue weighted by Gasteiger charge is 2.54. The van der Waals surface area contributed by atoms with Crippen molar-refractivity contribution in [2.24, 2.45) is 11.8 Å². The summed E-state index contributed by atoms with van der Waals surface area (Å²) in [6.45, 7) is 8.31. The van der Waals surface area contributed by atoms with Gasteiger partial charge >= 0.3 is 0 Å². The highest BCUT2D eigenvalue weighted by atomic mass is 35.5. The molecule has 20 heavy (non-hydrogen) atoms. The zero-order chi connectivity index (χ0) is 14.7. The molecule has 0 aliphatic carbocycles. The summed E-state index contributed by atoms with van der Waals surface area (Å²) in [5.74, 6) is 0.796. The predicted octanol–water partition coefficient (Wildman–Crippen LogP) is 2.33. The Hall–Kier alpha value is -0.140. The number of fused-ring (bicyclic) bond motifs is 1. The lowest BCUT2D eigenvalue weighted by Crippen LogP contribution is -2.47. The van der Waals surface area contributed by atoms with E-state index in [-0.39, 0.29) is 5.54 Å². The van der Waals surface area contributed by atoms with Gasteiger partial charge in [-0.3, -0.25) is 0 Å². The molecule has 2 fully saturated rings. The van der Waals surface area contributed by atoms with E-state index in [0.717, 1.165) is 30.0 Å². The second kappa shape index (κ2) is 4.68. The van der Waals surface area contributed by atoms with Gasteiger partial charge < -0.3 is 5.32 Å². The highest BCUT2D eigenvalue weighted by molar-refractivity contribution is 7.91. The van der Waals surface area contributed by atoms with E-state index in [0.29, 0.717) is 26.9 Å². The summed E-state index contributed by atoms with van der Waals surface area (Å²) in [5, 5.41) is 3.36. The Morgan fingerprint density at radius 1 is 1.45 bits per heavy atom. The summed E-state index contributed by atoms with van der Waals surface area (Å²) in [4.78, 5) is 0. The van der Waals surface area contributed by atoms with Crippen LogP contribution >= 0.6 is 22.9 Å². The van der Waals surface area contributed by atoms with Crippen molar-refractivity contribution in [1.29, 1.82) is 0 Å². The van der Waals surface area contributed by atoms with Crippen LogP contribution in [0.25, 0.3) is 0 Å². The average Bonchev–Trinajstić information content (AvgIpc) is 2.99. The monoisotopic (exact) mass is 334 g/mol. The van der Waals surface area contributed by atoms with Crippen molar-refractivity contribution in [3.8, 4) is 0 Å². The van der Waals surface area contributed by atoms with Crippen molar-refractivity contribution in [3.63, 3.8) is 0 Å². The van der Waals surface area contributed by atoms with Crippen LogP contribution in [0.4, 0.5) is 0 Å². The van der Waals surface area contributed by atoms with Gasteiger partial charge in [0.25, 0.3) is 10.0 Å². The van der Waals surface area contributed by atoms with E-state index in [1.54, 1.807) is 10.4 Å². The molecule has 2 aliphatic heterocycles. The Morgan fingerprint density at radius 2 is 2.15 bits per heavy atom. The van der Waals surface area contributed by atoms with Crippen molar-refractivity contribution < 1.29 is 8.42 Å². The first-order valence-corrected chi connectivity index (χ1v) is 9.37. The molecule has 4 nitrogen and oxygen atoms in total. The lowest BCUT2D eigenvalue weighted by Gasteiger charge is -2.34. The molecule has 0 aromatic carbocycles. The molecule has 0 radical (unpaired) electrons. The van der Waals surface area contributed by atoms with Gasteiger partial charge in [0.1, 0.15) is 4.21 Å². The van der Waals surface area contributed by atoms with E-state index < -0.39 is 10.0 Å². The van der Waals surface area contributed by atoms with Crippen LogP contribution in [0.15, 0.2) is 10.3 Å². The fourth-order valence-electron chi connectivity index (χ4n) is 3.46.